The zero-order valence-electron chi connectivity index (χ0n) is 11.8. The Morgan fingerprint density at radius 2 is 1.81 bits per heavy atom. The van der Waals surface area contributed by atoms with E-state index < -0.39 is 11.8 Å². The van der Waals surface area contributed by atoms with Crippen molar-refractivity contribution in [2.45, 2.75) is 0 Å². The predicted molar refractivity (Wildman–Crippen MR) is 75.7 cm³/mol. The maximum atomic E-state index is 14.1. The van der Waals surface area contributed by atoms with Crippen LogP contribution in [0, 0.1) is 5.82 Å². The van der Waals surface area contributed by atoms with Crippen LogP contribution in [0.15, 0.2) is 42.5 Å². The van der Waals surface area contributed by atoms with Gasteiger partial charge in [-0.3, -0.25) is 0 Å². The average molecular weight is 290 g/mol. The number of benzene rings is 2. The predicted octanol–water partition coefficient (Wildman–Crippen LogP) is 3.26. The Morgan fingerprint density at radius 1 is 1.10 bits per heavy atom. The Balaban J connectivity index is 2.39. The van der Waals surface area contributed by atoms with Crippen LogP contribution in [0.3, 0.4) is 0 Å². The zero-order valence-corrected chi connectivity index (χ0v) is 11.8. The van der Waals surface area contributed by atoms with Crippen LogP contribution in [0.1, 0.15) is 10.4 Å². The molecule has 0 N–H and O–H groups in total. The monoisotopic (exact) mass is 290 g/mol. The lowest BCUT2D eigenvalue weighted by Crippen LogP contribution is -2.02. The molecule has 2 rings (SSSR count). The highest BCUT2D eigenvalue weighted by Crippen LogP contribution is 2.32. The number of hydrogen-bond acceptors (Lipinski definition) is 4. The SMILES string of the molecule is COCOc1cccc(F)c1-c1ccc(C(=O)OC)cc1. The molecule has 2 aromatic carbocycles. The highest BCUT2D eigenvalue weighted by molar-refractivity contribution is 5.90. The van der Waals surface area contributed by atoms with Crippen molar-refractivity contribution in [3.05, 3.63) is 53.8 Å². The van der Waals surface area contributed by atoms with Gasteiger partial charge in [-0.2, -0.15) is 0 Å². The van der Waals surface area contributed by atoms with Crippen LogP contribution in [0.25, 0.3) is 11.1 Å². The van der Waals surface area contributed by atoms with Crippen LogP contribution in [-0.2, 0) is 9.47 Å². The van der Waals surface area contributed by atoms with Crippen molar-refractivity contribution < 1.29 is 23.4 Å². The van der Waals surface area contributed by atoms with E-state index in [9.17, 15) is 9.18 Å². The van der Waals surface area contributed by atoms with E-state index in [-0.39, 0.29) is 6.79 Å². The minimum atomic E-state index is -0.439. The summed E-state index contributed by atoms with van der Waals surface area (Å²) in [5.74, 6) is -0.469. The van der Waals surface area contributed by atoms with Gasteiger partial charge in [-0.05, 0) is 29.8 Å². The number of ether oxygens (including phenoxy) is 3. The Morgan fingerprint density at radius 3 is 2.43 bits per heavy atom. The quantitative estimate of drug-likeness (QED) is 0.626. The molecule has 0 saturated heterocycles. The maximum absolute atomic E-state index is 14.1. The molecule has 0 bridgehead atoms. The number of halogens is 1. The fourth-order valence-corrected chi connectivity index (χ4v) is 1.92. The Labute approximate surface area is 122 Å². The summed E-state index contributed by atoms with van der Waals surface area (Å²) in [6.45, 7) is 0.0245. The van der Waals surface area contributed by atoms with Gasteiger partial charge in [0.1, 0.15) is 11.6 Å². The van der Waals surface area contributed by atoms with Crippen LogP contribution < -0.4 is 4.74 Å². The molecule has 0 aliphatic rings. The third kappa shape index (κ3) is 3.38. The normalized spacial score (nSPS) is 10.2. The van der Waals surface area contributed by atoms with Gasteiger partial charge in [-0.25, -0.2) is 9.18 Å². The smallest absolute Gasteiger partial charge is 0.337 e. The lowest BCUT2D eigenvalue weighted by Gasteiger charge is -2.12. The van der Waals surface area contributed by atoms with Gasteiger partial charge in [-0.1, -0.05) is 18.2 Å². The number of rotatable bonds is 5. The summed E-state index contributed by atoms with van der Waals surface area (Å²) in [6.07, 6.45) is 0. The molecule has 110 valence electrons. The summed E-state index contributed by atoms with van der Waals surface area (Å²) in [5.41, 5.74) is 1.33. The second-order valence-corrected chi connectivity index (χ2v) is 4.23. The molecule has 0 heterocycles. The minimum absolute atomic E-state index is 0.0245. The molecule has 0 saturated carbocycles. The van der Waals surface area contributed by atoms with Crippen LogP contribution >= 0.6 is 0 Å². The highest BCUT2D eigenvalue weighted by Gasteiger charge is 2.13. The Kier molecular flexibility index (Phi) is 4.90. The Hall–Kier alpha value is -2.40. The van der Waals surface area contributed by atoms with Crippen molar-refractivity contribution >= 4 is 5.97 Å². The molecular formula is C16H15FO4. The van der Waals surface area contributed by atoms with Gasteiger partial charge in [0.15, 0.2) is 6.79 Å². The maximum Gasteiger partial charge on any atom is 0.337 e. The lowest BCUT2D eigenvalue weighted by atomic mass is 10.0. The molecule has 0 radical (unpaired) electrons. The van der Waals surface area contributed by atoms with E-state index in [1.807, 2.05) is 0 Å². The molecule has 0 aromatic heterocycles. The van der Waals surface area contributed by atoms with Crippen LogP contribution in [0.4, 0.5) is 4.39 Å². The third-order valence-corrected chi connectivity index (χ3v) is 2.90. The summed E-state index contributed by atoms with van der Waals surface area (Å²) >= 11 is 0. The van der Waals surface area contributed by atoms with Crippen molar-refractivity contribution in [3.63, 3.8) is 0 Å². The molecule has 21 heavy (non-hydrogen) atoms. The number of carbonyl (C=O) groups is 1. The fraction of sp³-hybridized carbons (Fsp3) is 0.188. The first-order chi connectivity index (χ1) is 10.2. The molecule has 0 spiro atoms. The second kappa shape index (κ2) is 6.85. The molecule has 4 nitrogen and oxygen atoms in total. The summed E-state index contributed by atoms with van der Waals surface area (Å²) in [7, 11) is 2.80. The molecule has 0 aliphatic heterocycles. The Bertz CT molecular complexity index is 623. The van der Waals surface area contributed by atoms with E-state index >= 15 is 0 Å². The topological polar surface area (TPSA) is 44.8 Å². The molecule has 0 aliphatic carbocycles. The first-order valence-electron chi connectivity index (χ1n) is 6.26. The van der Waals surface area contributed by atoms with Gasteiger partial charge in [0.25, 0.3) is 0 Å². The molecule has 2 aromatic rings. The third-order valence-electron chi connectivity index (χ3n) is 2.90. The van der Waals surface area contributed by atoms with E-state index in [1.165, 1.54) is 20.3 Å². The van der Waals surface area contributed by atoms with Crippen LogP contribution in [-0.4, -0.2) is 27.0 Å². The first kappa shape index (κ1) is 15.0. The van der Waals surface area contributed by atoms with Crippen molar-refractivity contribution in [2.75, 3.05) is 21.0 Å². The van der Waals surface area contributed by atoms with Crippen molar-refractivity contribution in [3.8, 4) is 16.9 Å². The lowest BCUT2D eigenvalue weighted by molar-refractivity contribution is 0.0513. The van der Waals surface area contributed by atoms with Crippen LogP contribution in [0.2, 0.25) is 0 Å². The van der Waals surface area contributed by atoms with E-state index in [0.29, 0.717) is 22.4 Å². The number of methoxy groups -OCH3 is 2. The van der Waals surface area contributed by atoms with E-state index in [0.717, 1.165) is 0 Å². The number of carbonyl (C=O) groups excluding carboxylic acids is 1. The summed E-state index contributed by atoms with van der Waals surface area (Å²) < 4.78 is 28.9. The van der Waals surface area contributed by atoms with Crippen molar-refractivity contribution in [1.82, 2.24) is 0 Å². The number of hydrogen-bond donors (Lipinski definition) is 0. The van der Waals surface area contributed by atoms with Gasteiger partial charge in [0, 0.05) is 7.11 Å². The highest BCUT2D eigenvalue weighted by atomic mass is 19.1. The zero-order chi connectivity index (χ0) is 15.2. The standard InChI is InChI=1S/C16H15FO4/c1-19-10-21-14-5-3-4-13(17)15(14)11-6-8-12(9-7-11)16(18)20-2/h3-9H,10H2,1-2H3. The van der Waals surface area contributed by atoms with Crippen molar-refractivity contribution in [1.29, 1.82) is 0 Å². The van der Waals surface area contributed by atoms with Gasteiger partial charge < -0.3 is 14.2 Å². The van der Waals surface area contributed by atoms with Gasteiger partial charge >= 0.3 is 5.97 Å². The first-order valence-corrected chi connectivity index (χ1v) is 6.26. The molecule has 0 atom stereocenters. The van der Waals surface area contributed by atoms with Gasteiger partial charge in [0.2, 0.25) is 0 Å². The molecule has 0 fully saturated rings. The van der Waals surface area contributed by atoms with Gasteiger partial charge in [0.05, 0.1) is 18.2 Å². The largest absolute Gasteiger partial charge is 0.467 e. The molecule has 0 amide bonds. The summed E-state index contributed by atoms with van der Waals surface area (Å²) in [4.78, 5) is 11.4. The molecular weight excluding hydrogens is 275 g/mol. The average Bonchev–Trinajstić information content (AvgIpc) is 2.52. The summed E-state index contributed by atoms with van der Waals surface area (Å²) in [5, 5.41) is 0. The molecule has 0 unspecified atom stereocenters. The number of esters is 1. The summed E-state index contributed by atoms with van der Waals surface area (Å²) in [6, 6.07) is 11.0. The van der Waals surface area contributed by atoms with E-state index in [2.05, 4.69) is 4.74 Å². The minimum Gasteiger partial charge on any atom is -0.467 e. The molecule has 5 heteroatoms. The van der Waals surface area contributed by atoms with Gasteiger partial charge in [-0.15, -0.1) is 0 Å². The second-order valence-electron chi connectivity index (χ2n) is 4.23. The van der Waals surface area contributed by atoms with E-state index in [4.69, 9.17) is 9.47 Å². The van der Waals surface area contributed by atoms with Crippen molar-refractivity contribution in [2.24, 2.45) is 0 Å². The van der Waals surface area contributed by atoms with Crippen LogP contribution in [0.5, 0.6) is 5.75 Å². The fourth-order valence-electron chi connectivity index (χ4n) is 1.92. The van der Waals surface area contributed by atoms with E-state index in [1.54, 1.807) is 36.4 Å².